The molecular weight excluding hydrogens is 336 g/mol. The molecule has 26 heavy (non-hydrogen) atoms. The predicted molar refractivity (Wildman–Crippen MR) is 89.4 cm³/mol. The molecule has 0 aromatic carbocycles. The Hall–Kier alpha value is -3.30. The van der Waals surface area contributed by atoms with Crippen LogP contribution in [0, 0.1) is 0 Å². The number of aromatic nitrogens is 7. The third-order valence-electron chi connectivity index (χ3n) is 4.21. The Morgan fingerprint density at radius 2 is 2.08 bits per heavy atom. The number of piperidine rings is 1. The number of likely N-dealkylation sites (tertiary alicyclic amines) is 1. The number of ether oxygens (including phenoxy) is 1. The summed E-state index contributed by atoms with van der Waals surface area (Å²) in [6.45, 7) is 1.51. The third-order valence-corrected chi connectivity index (χ3v) is 4.21. The van der Waals surface area contributed by atoms with E-state index in [1.807, 2.05) is 17.0 Å². The van der Waals surface area contributed by atoms with Crippen molar-refractivity contribution in [3.8, 4) is 11.7 Å². The Morgan fingerprint density at radius 3 is 2.73 bits per heavy atom. The lowest BCUT2D eigenvalue weighted by Crippen LogP contribution is -2.43. The van der Waals surface area contributed by atoms with E-state index in [0.29, 0.717) is 24.8 Å². The second-order valence-corrected chi connectivity index (χ2v) is 5.97. The van der Waals surface area contributed by atoms with E-state index >= 15 is 0 Å². The van der Waals surface area contributed by atoms with Gasteiger partial charge in [-0.1, -0.05) is 0 Å². The molecule has 0 saturated carbocycles. The monoisotopic (exact) mass is 354 g/mol. The lowest BCUT2D eigenvalue weighted by molar-refractivity contribution is -0.133. The Kier molecular flexibility index (Phi) is 4.54. The van der Waals surface area contributed by atoms with Crippen molar-refractivity contribution in [1.29, 1.82) is 0 Å². The summed E-state index contributed by atoms with van der Waals surface area (Å²) in [4.78, 5) is 17.9. The fraction of sp³-hybridized carbons (Fsp3) is 0.375. The molecule has 0 aliphatic carbocycles. The highest BCUT2D eigenvalue weighted by Crippen LogP contribution is 2.17. The predicted octanol–water partition coefficient (Wildman–Crippen LogP) is 0.324. The second kappa shape index (κ2) is 7.30. The van der Waals surface area contributed by atoms with Crippen LogP contribution in [0.2, 0.25) is 0 Å². The minimum atomic E-state index is 0.0234. The second-order valence-electron chi connectivity index (χ2n) is 5.97. The van der Waals surface area contributed by atoms with Crippen LogP contribution in [0.25, 0.3) is 5.82 Å². The summed E-state index contributed by atoms with van der Waals surface area (Å²) in [6, 6.07) is 5.42. The van der Waals surface area contributed by atoms with Gasteiger partial charge in [0.05, 0.1) is 0 Å². The van der Waals surface area contributed by atoms with Gasteiger partial charge in [-0.05, 0) is 12.1 Å². The Labute approximate surface area is 149 Å². The Balaban J connectivity index is 1.28. The summed E-state index contributed by atoms with van der Waals surface area (Å²) in [5.74, 6) is 1.15. The number of hydrogen-bond acceptors (Lipinski definition) is 7. The lowest BCUT2D eigenvalue weighted by Gasteiger charge is -2.31. The van der Waals surface area contributed by atoms with Gasteiger partial charge in [-0.2, -0.15) is 10.2 Å². The van der Waals surface area contributed by atoms with Gasteiger partial charge < -0.3 is 9.64 Å². The summed E-state index contributed by atoms with van der Waals surface area (Å²) < 4.78 is 9.06. The molecule has 1 saturated heterocycles. The number of nitrogens with zero attached hydrogens (tertiary/aromatic N) is 8. The van der Waals surface area contributed by atoms with Crippen LogP contribution in [0.4, 0.5) is 0 Å². The molecule has 134 valence electrons. The van der Waals surface area contributed by atoms with Gasteiger partial charge in [-0.15, -0.1) is 10.2 Å². The van der Waals surface area contributed by atoms with Crippen molar-refractivity contribution in [1.82, 2.24) is 39.6 Å². The number of rotatable bonds is 5. The maximum absolute atomic E-state index is 12.2. The molecule has 0 bridgehead atoms. The van der Waals surface area contributed by atoms with Gasteiger partial charge in [0.25, 0.3) is 0 Å². The van der Waals surface area contributed by atoms with E-state index in [1.165, 1.54) is 11.0 Å². The Bertz CT molecular complexity index is 824. The van der Waals surface area contributed by atoms with E-state index in [0.717, 1.165) is 12.8 Å². The van der Waals surface area contributed by atoms with Gasteiger partial charge in [0, 0.05) is 44.4 Å². The first-order valence-corrected chi connectivity index (χ1v) is 8.38. The van der Waals surface area contributed by atoms with Crippen molar-refractivity contribution in [2.24, 2.45) is 0 Å². The molecule has 1 fully saturated rings. The number of amides is 1. The van der Waals surface area contributed by atoms with Gasteiger partial charge in [0.15, 0.2) is 5.82 Å². The van der Waals surface area contributed by atoms with Gasteiger partial charge in [-0.3, -0.25) is 4.79 Å². The normalized spacial score (nSPS) is 15.2. The summed E-state index contributed by atoms with van der Waals surface area (Å²) in [7, 11) is 0. The van der Waals surface area contributed by atoms with E-state index in [1.54, 1.807) is 29.5 Å². The molecule has 1 aliphatic rings. The number of carbonyl (C=O) groups excluding carboxylic acids is 1. The molecule has 4 heterocycles. The molecule has 0 unspecified atom stereocenters. The zero-order valence-electron chi connectivity index (χ0n) is 14.0. The smallest absolute Gasteiger partial charge is 0.244 e. The summed E-state index contributed by atoms with van der Waals surface area (Å²) >= 11 is 0. The topological polar surface area (TPSA) is 104 Å². The van der Waals surface area contributed by atoms with Crippen LogP contribution < -0.4 is 4.74 Å². The van der Waals surface area contributed by atoms with Crippen LogP contribution >= 0.6 is 0 Å². The third kappa shape index (κ3) is 3.68. The highest BCUT2D eigenvalue weighted by atomic mass is 16.5. The van der Waals surface area contributed by atoms with E-state index in [4.69, 9.17) is 4.74 Å². The van der Waals surface area contributed by atoms with Gasteiger partial charge in [0.1, 0.15) is 25.3 Å². The van der Waals surface area contributed by atoms with Crippen molar-refractivity contribution in [2.45, 2.75) is 25.5 Å². The van der Waals surface area contributed by atoms with Crippen LogP contribution in [-0.4, -0.2) is 64.7 Å². The minimum absolute atomic E-state index is 0.0234. The molecule has 10 nitrogen and oxygen atoms in total. The van der Waals surface area contributed by atoms with Crippen molar-refractivity contribution < 1.29 is 9.53 Å². The Morgan fingerprint density at radius 1 is 1.19 bits per heavy atom. The van der Waals surface area contributed by atoms with Crippen LogP contribution in [0.3, 0.4) is 0 Å². The quantitative estimate of drug-likeness (QED) is 0.650. The molecule has 0 radical (unpaired) electrons. The average Bonchev–Trinajstić information content (AvgIpc) is 3.37. The van der Waals surface area contributed by atoms with Crippen molar-refractivity contribution >= 4 is 5.91 Å². The van der Waals surface area contributed by atoms with Crippen molar-refractivity contribution in [3.63, 3.8) is 0 Å². The van der Waals surface area contributed by atoms with Crippen molar-refractivity contribution in [2.75, 3.05) is 13.1 Å². The average molecular weight is 354 g/mol. The fourth-order valence-corrected chi connectivity index (χ4v) is 2.85. The standard InChI is InChI=1S/C16H18N8O2/c25-16(10-23-12-17-11-19-23)22-8-4-13(5-9-22)26-15-3-2-14(20-21-15)24-7-1-6-18-24/h1-3,6-7,11-13H,4-5,8-10H2. The highest BCUT2D eigenvalue weighted by molar-refractivity contribution is 5.75. The molecule has 10 heteroatoms. The molecule has 3 aromatic rings. The molecule has 0 spiro atoms. The maximum atomic E-state index is 12.2. The minimum Gasteiger partial charge on any atom is -0.473 e. The van der Waals surface area contributed by atoms with E-state index in [-0.39, 0.29) is 18.6 Å². The van der Waals surface area contributed by atoms with Crippen LogP contribution in [0.1, 0.15) is 12.8 Å². The van der Waals surface area contributed by atoms with Gasteiger partial charge in [-0.25, -0.2) is 14.3 Å². The largest absolute Gasteiger partial charge is 0.473 e. The highest BCUT2D eigenvalue weighted by Gasteiger charge is 2.24. The summed E-state index contributed by atoms with van der Waals surface area (Å²) in [5.41, 5.74) is 0. The molecule has 4 rings (SSSR count). The first kappa shape index (κ1) is 16.2. The van der Waals surface area contributed by atoms with E-state index < -0.39 is 0 Å². The number of carbonyl (C=O) groups is 1. The molecule has 3 aromatic heterocycles. The summed E-state index contributed by atoms with van der Waals surface area (Å²) in [6.07, 6.45) is 7.99. The fourth-order valence-electron chi connectivity index (χ4n) is 2.85. The molecular formula is C16H18N8O2. The maximum Gasteiger partial charge on any atom is 0.244 e. The zero-order valence-corrected chi connectivity index (χ0v) is 14.0. The SMILES string of the molecule is O=C(Cn1cncn1)N1CCC(Oc2ccc(-n3cccn3)nn2)CC1. The van der Waals surface area contributed by atoms with E-state index in [2.05, 4.69) is 25.4 Å². The van der Waals surface area contributed by atoms with Crippen molar-refractivity contribution in [3.05, 3.63) is 43.2 Å². The first-order chi connectivity index (χ1) is 12.8. The molecule has 0 N–H and O–H groups in total. The van der Waals surface area contributed by atoms with Gasteiger partial charge in [0.2, 0.25) is 11.8 Å². The van der Waals surface area contributed by atoms with Gasteiger partial charge >= 0.3 is 0 Å². The van der Waals surface area contributed by atoms with Crippen LogP contribution in [-0.2, 0) is 11.3 Å². The zero-order chi connectivity index (χ0) is 17.8. The van der Waals surface area contributed by atoms with Crippen LogP contribution in [0.15, 0.2) is 43.2 Å². The first-order valence-electron chi connectivity index (χ1n) is 8.38. The molecule has 1 aliphatic heterocycles. The number of hydrogen-bond donors (Lipinski definition) is 0. The summed E-state index contributed by atoms with van der Waals surface area (Å²) in [5, 5.41) is 16.3. The van der Waals surface area contributed by atoms with Crippen LogP contribution in [0.5, 0.6) is 5.88 Å². The lowest BCUT2D eigenvalue weighted by atomic mass is 10.1. The molecule has 1 amide bonds. The molecule has 0 atom stereocenters. The van der Waals surface area contributed by atoms with E-state index in [9.17, 15) is 4.79 Å².